The van der Waals surface area contributed by atoms with Crippen LogP contribution in [0.4, 0.5) is 0 Å². The van der Waals surface area contributed by atoms with E-state index >= 15 is 0 Å². The Hall–Kier alpha value is -0.490. The van der Waals surface area contributed by atoms with Crippen molar-refractivity contribution in [2.75, 3.05) is 5.75 Å². The minimum atomic E-state index is -3.16. The van der Waals surface area contributed by atoms with Gasteiger partial charge in [-0.25, -0.2) is 8.42 Å². The molecule has 0 bridgehead atoms. The van der Waals surface area contributed by atoms with Gasteiger partial charge in [-0.3, -0.25) is 0 Å². The average Bonchev–Trinajstić information content (AvgIpc) is 1.89. The second-order valence-electron chi connectivity index (χ2n) is 2.14. The molecular formula is C7H12O2S. The summed E-state index contributed by atoms with van der Waals surface area (Å²) in [5.41, 5.74) is 0. The van der Waals surface area contributed by atoms with Crippen molar-refractivity contribution in [2.24, 2.45) is 0 Å². The third-order valence-electron chi connectivity index (χ3n) is 1.20. The Labute approximate surface area is 62.6 Å². The molecule has 0 unspecified atom stereocenters. The molecule has 3 heteroatoms. The Kier molecular flexibility index (Phi) is 4.13. The van der Waals surface area contributed by atoms with Gasteiger partial charge < -0.3 is 0 Å². The highest BCUT2D eigenvalue weighted by Crippen LogP contribution is 1.97. The molecule has 0 saturated carbocycles. The molecule has 0 atom stereocenters. The average molecular weight is 160 g/mol. The van der Waals surface area contributed by atoms with E-state index in [1.165, 1.54) is 0 Å². The normalized spacial score (nSPS) is 10.8. The summed E-state index contributed by atoms with van der Waals surface area (Å²) in [6.45, 7) is 2.02. The van der Waals surface area contributed by atoms with Gasteiger partial charge in [-0.2, -0.15) is 0 Å². The van der Waals surface area contributed by atoms with Crippen LogP contribution in [0.3, 0.4) is 0 Å². The first-order chi connectivity index (χ1) is 4.62. The Balaban J connectivity index is 3.62. The van der Waals surface area contributed by atoms with Crippen molar-refractivity contribution < 1.29 is 8.42 Å². The Bertz CT molecular complexity index is 208. The van der Waals surface area contributed by atoms with Crippen LogP contribution in [0.15, 0.2) is 0 Å². The van der Waals surface area contributed by atoms with Crippen molar-refractivity contribution in [3.8, 4) is 11.7 Å². The highest BCUT2D eigenvalue weighted by Gasteiger charge is 2.03. The highest BCUT2D eigenvalue weighted by atomic mass is 32.2. The molecule has 0 aliphatic rings. The van der Waals surface area contributed by atoms with Gasteiger partial charge in [-0.15, -0.1) is 6.42 Å². The fraction of sp³-hybridized carbons (Fsp3) is 0.714. The van der Waals surface area contributed by atoms with Crippen molar-refractivity contribution in [3.63, 3.8) is 0 Å². The molecule has 0 aliphatic carbocycles. The summed E-state index contributed by atoms with van der Waals surface area (Å²) < 4.78 is 21.3. The zero-order valence-corrected chi connectivity index (χ0v) is 6.95. The predicted molar refractivity (Wildman–Crippen MR) is 42.1 cm³/mol. The van der Waals surface area contributed by atoms with Crippen LogP contribution in [0.5, 0.6) is 0 Å². The van der Waals surface area contributed by atoms with E-state index in [4.69, 9.17) is 6.42 Å². The van der Waals surface area contributed by atoms with Crippen LogP contribution in [0.2, 0.25) is 0 Å². The summed E-state index contributed by atoms with van der Waals surface area (Å²) in [4.78, 5) is 0. The summed E-state index contributed by atoms with van der Waals surface area (Å²) in [5, 5.41) is 1.77. The van der Waals surface area contributed by atoms with E-state index in [-0.39, 0.29) is 5.75 Å². The third kappa shape index (κ3) is 4.39. The van der Waals surface area contributed by atoms with E-state index in [0.717, 1.165) is 12.8 Å². The van der Waals surface area contributed by atoms with Gasteiger partial charge in [0.15, 0.2) is 0 Å². The Morgan fingerprint density at radius 2 is 2.00 bits per heavy atom. The molecule has 0 aromatic rings. The van der Waals surface area contributed by atoms with Crippen LogP contribution in [-0.4, -0.2) is 14.2 Å². The van der Waals surface area contributed by atoms with E-state index in [9.17, 15) is 8.42 Å². The quantitative estimate of drug-likeness (QED) is 0.351. The molecule has 0 spiro atoms. The van der Waals surface area contributed by atoms with Gasteiger partial charge in [0.2, 0.25) is 9.84 Å². The highest BCUT2D eigenvalue weighted by molar-refractivity contribution is 7.96. The third-order valence-corrected chi connectivity index (χ3v) is 2.38. The molecule has 10 heavy (non-hydrogen) atoms. The maximum Gasteiger partial charge on any atom is 0.216 e. The molecule has 0 saturated heterocycles. The number of terminal acetylenes is 1. The molecule has 0 aromatic heterocycles. The van der Waals surface area contributed by atoms with Gasteiger partial charge in [0.1, 0.15) is 0 Å². The second kappa shape index (κ2) is 4.35. The van der Waals surface area contributed by atoms with Crippen molar-refractivity contribution in [3.05, 3.63) is 0 Å². The van der Waals surface area contributed by atoms with Crippen LogP contribution >= 0.6 is 0 Å². The van der Waals surface area contributed by atoms with Gasteiger partial charge in [0.25, 0.3) is 0 Å². The van der Waals surface area contributed by atoms with Crippen LogP contribution in [0.1, 0.15) is 26.2 Å². The van der Waals surface area contributed by atoms with Gasteiger partial charge in [-0.1, -0.05) is 19.8 Å². The second-order valence-corrected chi connectivity index (χ2v) is 4.02. The Morgan fingerprint density at radius 1 is 1.40 bits per heavy atom. The summed E-state index contributed by atoms with van der Waals surface area (Å²) in [6.07, 6.45) is 7.38. The zero-order chi connectivity index (χ0) is 8.04. The van der Waals surface area contributed by atoms with Crippen molar-refractivity contribution in [1.29, 1.82) is 0 Å². The molecule has 0 aliphatic heterocycles. The zero-order valence-electron chi connectivity index (χ0n) is 6.13. The SMILES string of the molecule is C#CS(=O)(=O)CCCCC. The molecule has 2 nitrogen and oxygen atoms in total. The summed E-state index contributed by atoms with van der Waals surface area (Å²) >= 11 is 0. The van der Waals surface area contributed by atoms with Crippen LogP contribution in [0.25, 0.3) is 0 Å². The number of hydrogen-bond donors (Lipinski definition) is 0. The number of rotatable bonds is 4. The molecule has 0 heterocycles. The van der Waals surface area contributed by atoms with Crippen molar-refractivity contribution in [2.45, 2.75) is 26.2 Å². The van der Waals surface area contributed by atoms with Crippen LogP contribution in [0, 0.1) is 11.7 Å². The maximum absolute atomic E-state index is 10.6. The predicted octanol–water partition coefficient (Wildman–Crippen LogP) is 1.18. The smallest absolute Gasteiger partial charge is 0.215 e. The first kappa shape index (κ1) is 9.51. The minimum Gasteiger partial charge on any atom is -0.215 e. The molecule has 58 valence electrons. The molecule has 0 rings (SSSR count). The van der Waals surface area contributed by atoms with E-state index in [2.05, 4.69) is 0 Å². The van der Waals surface area contributed by atoms with E-state index in [0.29, 0.717) is 6.42 Å². The first-order valence-electron chi connectivity index (χ1n) is 3.32. The molecule has 0 fully saturated rings. The lowest BCUT2D eigenvalue weighted by Gasteiger charge is -1.93. The van der Waals surface area contributed by atoms with E-state index < -0.39 is 9.84 Å². The fourth-order valence-corrected chi connectivity index (χ4v) is 1.30. The molecule has 0 amide bonds. The standard InChI is InChI=1S/C7H12O2S/c1-3-5-6-7-10(8,9)4-2/h2H,3,5-7H2,1H3. The Morgan fingerprint density at radius 3 is 2.40 bits per heavy atom. The minimum absolute atomic E-state index is 0.136. The van der Waals surface area contributed by atoms with E-state index in [1.807, 2.05) is 6.92 Å². The fourth-order valence-electron chi connectivity index (χ4n) is 0.601. The van der Waals surface area contributed by atoms with Crippen molar-refractivity contribution >= 4 is 9.84 Å². The number of unbranched alkanes of at least 4 members (excludes halogenated alkanes) is 2. The number of hydrogen-bond acceptors (Lipinski definition) is 2. The maximum atomic E-state index is 10.6. The van der Waals surface area contributed by atoms with Gasteiger partial charge in [0.05, 0.1) is 5.75 Å². The van der Waals surface area contributed by atoms with Crippen LogP contribution in [-0.2, 0) is 9.84 Å². The van der Waals surface area contributed by atoms with Gasteiger partial charge >= 0.3 is 0 Å². The monoisotopic (exact) mass is 160 g/mol. The van der Waals surface area contributed by atoms with Gasteiger partial charge in [-0.05, 0) is 6.42 Å². The molecule has 0 N–H and O–H groups in total. The molecular weight excluding hydrogens is 148 g/mol. The first-order valence-corrected chi connectivity index (χ1v) is 4.97. The van der Waals surface area contributed by atoms with Crippen LogP contribution < -0.4 is 0 Å². The lowest BCUT2D eigenvalue weighted by molar-refractivity contribution is 0.601. The largest absolute Gasteiger partial charge is 0.216 e. The summed E-state index contributed by atoms with van der Waals surface area (Å²) in [6, 6.07) is 0. The molecule has 0 radical (unpaired) electrons. The molecule has 0 aromatic carbocycles. The summed E-state index contributed by atoms with van der Waals surface area (Å²) in [7, 11) is -3.16. The van der Waals surface area contributed by atoms with Crippen molar-refractivity contribution in [1.82, 2.24) is 0 Å². The topological polar surface area (TPSA) is 34.1 Å². The lowest BCUT2D eigenvalue weighted by atomic mass is 10.3. The van der Waals surface area contributed by atoms with E-state index in [1.54, 1.807) is 5.25 Å². The van der Waals surface area contributed by atoms with Gasteiger partial charge in [0, 0.05) is 5.25 Å². The number of sulfone groups is 1. The lowest BCUT2D eigenvalue weighted by Crippen LogP contribution is -2.01. The summed E-state index contributed by atoms with van der Waals surface area (Å²) in [5.74, 6) is 0.136.